The standard InChI is InChI=1S/C17H22N4OS/c1-21(2)15(13-7-6-10-18-11-13)12-19-17(23)20-14-8-4-5-9-16(14)22-3/h4-11,15H,12H2,1-3H3,(H2,19,20,23)/t15-/m1/s1. The van der Waals surface area contributed by atoms with Crippen molar-refractivity contribution in [2.24, 2.45) is 0 Å². The fourth-order valence-corrected chi connectivity index (χ4v) is 2.47. The molecule has 2 N–H and O–H groups in total. The van der Waals surface area contributed by atoms with E-state index >= 15 is 0 Å². The lowest BCUT2D eigenvalue weighted by Crippen LogP contribution is -2.36. The molecule has 0 unspecified atom stereocenters. The zero-order valence-electron chi connectivity index (χ0n) is 13.6. The molecule has 0 aliphatic carbocycles. The Bertz CT molecular complexity index is 634. The first-order valence-corrected chi connectivity index (χ1v) is 7.77. The molecule has 5 nitrogen and oxygen atoms in total. The van der Waals surface area contributed by atoms with E-state index in [1.54, 1.807) is 13.3 Å². The molecule has 0 aliphatic rings. The van der Waals surface area contributed by atoms with Crippen molar-refractivity contribution in [3.63, 3.8) is 0 Å². The Labute approximate surface area is 142 Å². The predicted molar refractivity (Wildman–Crippen MR) is 97.9 cm³/mol. The number of hydrogen-bond acceptors (Lipinski definition) is 4. The van der Waals surface area contributed by atoms with E-state index < -0.39 is 0 Å². The highest BCUT2D eigenvalue weighted by atomic mass is 32.1. The van der Waals surface area contributed by atoms with Crippen molar-refractivity contribution in [2.75, 3.05) is 33.1 Å². The molecule has 1 atom stereocenters. The van der Waals surface area contributed by atoms with E-state index in [0.29, 0.717) is 11.7 Å². The first kappa shape index (κ1) is 17.2. The van der Waals surface area contributed by atoms with Crippen LogP contribution in [0, 0.1) is 0 Å². The maximum atomic E-state index is 5.39. The van der Waals surface area contributed by atoms with Crippen LogP contribution in [0.3, 0.4) is 0 Å². The Morgan fingerprint density at radius 2 is 2.04 bits per heavy atom. The molecule has 6 heteroatoms. The minimum Gasteiger partial charge on any atom is -0.495 e. The van der Waals surface area contributed by atoms with Gasteiger partial charge in [0, 0.05) is 18.9 Å². The molecule has 0 spiro atoms. The average molecular weight is 330 g/mol. The summed E-state index contributed by atoms with van der Waals surface area (Å²) in [7, 11) is 5.72. The van der Waals surface area contributed by atoms with Crippen LogP contribution in [0.5, 0.6) is 5.75 Å². The maximum absolute atomic E-state index is 5.39. The second-order valence-corrected chi connectivity index (χ2v) is 5.71. The largest absolute Gasteiger partial charge is 0.495 e. The summed E-state index contributed by atoms with van der Waals surface area (Å²) in [5, 5.41) is 6.99. The number of thiocarbonyl (C=S) groups is 1. The van der Waals surface area contributed by atoms with Crippen LogP contribution in [-0.2, 0) is 0 Å². The molecule has 1 aromatic carbocycles. The predicted octanol–water partition coefficient (Wildman–Crippen LogP) is 2.68. The summed E-state index contributed by atoms with van der Waals surface area (Å²) >= 11 is 5.39. The molecular formula is C17H22N4OS. The number of nitrogens with one attached hydrogen (secondary N) is 2. The minimum absolute atomic E-state index is 0.182. The number of likely N-dealkylation sites (N-methyl/N-ethyl adjacent to an activating group) is 1. The van der Waals surface area contributed by atoms with Gasteiger partial charge >= 0.3 is 0 Å². The molecule has 0 bridgehead atoms. The van der Waals surface area contributed by atoms with Gasteiger partial charge in [0.1, 0.15) is 5.75 Å². The van der Waals surface area contributed by atoms with E-state index in [0.717, 1.165) is 17.0 Å². The highest BCUT2D eigenvalue weighted by Gasteiger charge is 2.14. The van der Waals surface area contributed by atoms with E-state index in [-0.39, 0.29) is 6.04 Å². The summed E-state index contributed by atoms with van der Waals surface area (Å²) in [6, 6.07) is 11.9. The number of aromatic nitrogens is 1. The molecule has 23 heavy (non-hydrogen) atoms. The van der Waals surface area contributed by atoms with E-state index in [9.17, 15) is 0 Å². The van der Waals surface area contributed by atoms with Crippen molar-refractivity contribution < 1.29 is 4.74 Å². The van der Waals surface area contributed by atoms with Crippen LogP contribution in [0.25, 0.3) is 0 Å². The topological polar surface area (TPSA) is 49.4 Å². The molecule has 2 aromatic rings. The fourth-order valence-electron chi connectivity index (χ4n) is 2.28. The highest BCUT2D eigenvalue weighted by Crippen LogP contribution is 2.23. The summed E-state index contributed by atoms with van der Waals surface area (Å²) in [5.41, 5.74) is 1.99. The van der Waals surface area contributed by atoms with Crippen molar-refractivity contribution in [2.45, 2.75) is 6.04 Å². The van der Waals surface area contributed by atoms with E-state index in [1.807, 2.05) is 50.6 Å². The van der Waals surface area contributed by atoms with Crippen LogP contribution in [0.2, 0.25) is 0 Å². The molecule has 0 saturated heterocycles. The van der Waals surface area contributed by atoms with E-state index in [2.05, 4.69) is 26.6 Å². The second kappa shape index (κ2) is 8.45. The van der Waals surface area contributed by atoms with Crippen LogP contribution in [0.15, 0.2) is 48.8 Å². The van der Waals surface area contributed by atoms with Crippen LogP contribution in [0.1, 0.15) is 11.6 Å². The number of nitrogens with zero attached hydrogens (tertiary/aromatic N) is 2. The Morgan fingerprint density at radius 1 is 1.26 bits per heavy atom. The Balaban J connectivity index is 1.97. The first-order valence-electron chi connectivity index (χ1n) is 7.36. The normalized spacial score (nSPS) is 11.8. The Kier molecular flexibility index (Phi) is 6.31. The molecule has 0 fully saturated rings. The molecule has 0 saturated carbocycles. The van der Waals surface area contributed by atoms with Crippen LogP contribution in [0.4, 0.5) is 5.69 Å². The number of anilines is 1. The van der Waals surface area contributed by atoms with Crippen LogP contribution < -0.4 is 15.4 Å². The Hall–Kier alpha value is -2.18. The van der Waals surface area contributed by atoms with E-state index in [4.69, 9.17) is 17.0 Å². The van der Waals surface area contributed by atoms with Gasteiger partial charge in [-0.05, 0) is 50.1 Å². The smallest absolute Gasteiger partial charge is 0.170 e. The van der Waals surface area contributed by atoms with Crippen molar-refractivity contribution in [1.29, 1.82) is 0 Å². The minimum atomic E-state index is 0.182. The maximum Gasteiger partial charge on any atom is 0.170 e. The summed E-state index contributed by atoms with van der Waals surface area (Å²) < 4.78 is 5.31. The van der Waals surface area contributed by atoms with Crippen LogP contribution >= 0.6 is 12.2 Å². The molecule has 1 aromatic heterocycles. The van der Waals surface area contributed by atoms with Crippen molar-refractivity contribution in [3.8, 4) is 5.75 Å². The number of pyridine rings is 1. The summed E-state index contributed by atoms with van der Waals surface area (Å²) in [6.07, 6.45) is 3.65. The van der Waals surface area contributed by atoms with Gasteiger partial charge < -0.3 is 20.3 Å². The van der Waals surface area contributed by atoms with Crippen molar-refractivity contribution in [3.05, 3.63) is 54.4 Å². The summed E-state index contributed by atoms with van der Waals surface area (Å²) in [5.74, 6) is 0.757. The highest BCUT2D eigenvalue weighted by molar-refractivity contribution is 7.80. The molecular weight excluding hydrogens is 308 g/mol. The zero-order chi connectivity index (χ0) is 16.7. The Morgan fingerprint density at radius 3 is 2.70 bits per heavy atom. The van der Waals surface area contributed by atoms with Gasteiger partial charge in [0.25, 0.3) is 0 Å². The molecule has 0 amide bonds. The molecule has 1 heterocycles. The second-order valence-electron chi connectivity index (χ2n) is 5.30. The van der Waals surface area contributed by atoms with Crippen molar-refractivity contribution >= 4 is 23.0 Å². The number of methoxy groups -OCH3 is 1. The van der Waals surface area contributed by atoms with Gasteiger partial charge in [-0.1, -0.05) is 18.2 Å². The van der Waals surface area contributed by atoms with Gasteiger partial charge in [-0.2, -0.15) is 0 Å². The monoisotopic (exact) mass is 330 g/mol. The van der Waals surface area contributed by atoms with Gasteiger partial charge in [0.05, 0.1) is 18.8 Å². The third kappa shape index (κ3) is 4.91. The number of benzene rings is 1. The molecule has 0 radical (unpaired) electrons. The lowest BCUT2D eigenvalue weighted by molar-refractivity contribution is 0.298. The lowest BCUT2D eigenvalue weighted by Gasteiger charge is -2.25. The van der Waals surface area contributed by atoms with Gasteiger partial charge in [-0.15, -0.1) is 0 Å². The van der Waals surface area contributed by atoms with Gasteiger partial charge in [-0.25, -0.2) is 0 Å². The average Bonchev–Trinajstić information content (AvgIpc) is 2.56. The quantitative estimate of drug-likeness (QED) is 0.794. The number of para-hydroxylation sites is 2. The van der Waals surface area contributed by atoms with Gasteiger partial charge in [-0.3, -0.25) is 4.98 Å². The third-order valence-corrected chi connectivity index (χ3v) is 3.75. The van der Waals surface area contributed by atoms with E-state index in [1.165, 1.54) is 0 Å². The molecule has 0 aliphatic heterocycles. The first-order chi connectivity index (χ1) is 11.1. The van der Waals surface area contributed by atoms with Gasteiger partial charge in [0.15, 0.2) is 5.11 Å². The van der Waals surface area contributed by atoms with Crippen molar-refractivity contribution in [1.82, 2.24) is 15.2 Å². The SMILES string of the molecule is COc1ccccc1NC(=S)NC[C@H](c1cccnc1)N(C)C. The number of hydrogen-bond donors (Lipinski definition) is 2. The fraction of sp³-hybridized carbons (Fsp3) is 0.294. The number of rotatable bonds is 6. The van der Waals surface area contributed by atoms with Gasteiger partial charge in [0.2, 0.25) is 0 Å². The third-order valence-electron chi connectivity index (χ3n) is 3.50. The number of ether oxygens (including phenoxy) is 1. The zero-order valence-corrected chi connectivity index (χ0v) is 14.4. The molecule has 2 rings (SSSR count). The summed E-state index contributed by atoms with van der Waals surface area (Å²) in [4.78, 5) is 6.32. The molecule has 122 valence electrons. The van der Waals surface area contributed by atoms with Crippen LogP contribution in [-0.4, -0.2) is 42.7 Å². The lowest BCUT2D eigenvalue weighted by atomic mass is 10.1. The summed E-state index contributed by atoms with van der Waals surface area (Å²) in [6.45, 7) is 0.680.